The molecule has 2 heteroatoms. The molecule has 2 nitrogen and oxygen atoms in total. The van der Waals surface area contributed by atoms with Gasteiger partial charge in [-0.2, -0.15) is 0 Å². The average molecular weight is 210 g/mol. The summed E-state index contributed by atoms with van der Waals surface area (Å²) in [5.41, 5.74) is 3.07. The summed E-state index contributed by atoms with van der Waals surface area (Å²) in [5.74, 6) is 7.53. The Morgan fingerprint density at radius 1 is 0.933 bits per heavy atom. The van der Waals surface area contributed by atoms with Crippen LogP contribution in [0, 0.1) is 11.8 Å². The van der Waals surface area contributed by atoms with E-state index in [1.54, 1.807) is 0 Å². The second-order valence-corrected chi connectivity index (χ2v) is 5.56. The van der Waals surface area contributed by atoms with Gasteiger partial charge in [-0.05, 0) is 31.1 Å². The monoisotopic (exact) mass is 210 g/mol. The minimum Gasteiger partial charge on any atom is -0.271 e. The van der Waals surface area contributed by atoms with Crippen molar-refractivity contribution in [3.8, 4) is 0 Å². The normalized spacial score (nSPS) is 27.0. The second-order valence-electron chi connectivity index (χ2n) is 5.56. The molecule has 2 aliphatic carbocycles. The highest BCUT2D eigenvalue weighted by Gasteiger charge is 2.28. The van der Waals surface area contributed by atoms with Gasteiger partial charge in [0.1, 0.15) is 0 Å². The first-order valence-corrected chi connectivity index (χ1v) is 6.86. The van der Waals surface area contributed by atoms with E-state index in [0.29, 0.717) is 6.04 Å². The molecule has 2 fully saturated rings. The smallest absolute Gasteiger partial charge is 0.0241 e. The van der Waals surface area contributed by atoms with Crippen LogP contribution in [0.15, 0.2) is 0 Å². The van der Waals surface area contributed by atoms with Crippen LogP contribution in [0.5, 0.6) is 0 Å². The second kappa shape index (κ2) is 5.86. The molecule has 1 unspecified atom stereocenters. The first-order chi connectivity index (χ1) is 7.40. The molecule has 0 aromatic carbocycles. The fourth-order valence-electron chi connectivity index (χ4n) is 3.20. The van der Waals surface area contributed by atoms with Gasteiger partial charge in [0.25, 0.3) is 0 Å². The van der Waals surface area contributed by atoms with Crippen LogP contribution in [-0.2, 0) is 0 Å². The minimum atomic E-state index is 0.613. The molecule has 0 spiro atoms. The molecule has 0 heterocycles. The summed E-state index contributed by atoms with van der Waals surface area (Å²) < 4.78 is 0. The molecule has 1 atom stereocenters. The summed E-state index contributed by atoms with van der Waals surface area (Å²) in [6.45, 7) is 0. The molecular weight excluding hydrogens is 184 g/mol. The van der Waals surface area contributed by atoms with Gasteiger partial charge >= 0.3 is 0 Å². The van der Waals surface area contributed by atoms with Crippen molar-refractivity contribution >= 4 is 0 Å². The van der Waals surface area contributed by atoms with Gasteiger partial charge in [-0.25, -0.2) is 0 Å². The molecule has 0 aromatic heterocycles. The first kappa shape index (κ1) is 11.4. The van der Waals surface area contributed by atoms with Crippen LogP contribution in [0.2, 0.25) is 0 Å². The van der Waals surface area contributed by atoms with Crippen molar-refractivity contribution < 1.29 is 0 Å². The van der Waals surface area contributed by atoms with E-state index in [-0.39, 0.29) is 0 Å². The Labute approximate surface area is 94.0 Å². The van der Waals surface area contributed by atoms with Crippen molar-refractivity contribution in [2.75, 3.05) is 0 Å². The molecule has 0 aromatic rings. The number of hydrogen-bond acceptors (Lipinski definition) is 2. The highest BCUT2D eigenvalue weighted by molar-refractivity contribution is 4.83. The summed E-state index contributed by atoms with van der Waals surface area (Å²) in [7, 11) is 0. The molecule has 15 heavy (non-hydrogen) atoms. The fourth-order valence-corrected chi connectivity index (χ4v) is 3.20. The zero-order chi connectivity index (χ0) is 10.5. The van der Waals surface area contributed by atoms with Crippen LogP contribution >= 0.6 is 0 Å². The van der Waals surface area contributed by atoms with E-state index in [4.69, 9.17) is 5.84 Å². The van der Waals surface area contributed by atoms with E-state index in [2.05, 4.69) is 5.43 Å². The molecule has 2 saturated carbocycles. The van der Waals surface area contributed by atoms with Gasteiger partial charge in [0, 0.05) is 6.04 Å². The first-order valence-electron chi connectivity index (χ1n) is 6.86. The van der Waals surface area contributed by atoms with Crippen LogP contribution in [0.4, 0.5) is 0 Å². The number of hydrogen-bond donors (Lipinski definition) is 2. The highest BCUT2D eigenvalue weighted by Crippen LogP contribution is 2.34. The Morgan fingerprint density at radius 2 is 1.60 bits per heavy atom. The van der Waals surface area contributed by atoms with E-state index in [1.807, 2.05) is 0 Å². The molecule has 0 radical (unpaired) electrons. The lowest BCUT2D eigenvalue weighted by Gasteiger charge is -2.35. The average Bonchev–Trinajstić information content (AvgIpc) is 2.42. The Hall–Kier alpha value is -0.0800. The maximum absolute atomic E-state index is 5.69. The maximum atomic E-state index is 5.69. The third-order valence-corrected chi connectivity index (χ3v) is 4.49. The van der Waals surface area contributed by atoms with Gasteiger partial charge in [0.05, 0.1) is 0 Å². The summed E-state index contributed by atoms with van der Waals surface area (Å²) in [4.78, 5) is 0. The van der Waals surface area contributed by atoms with E-state index in [9.17, 15) is 0 Å². The summed E-state index contributed by atoms with van der Waals surface area (Å²) >= 11 is 0. The van der Waals surface area contributed by atoms with Crippen LogP contribution in [0.25, 0.3) is 0 Å². The van der Waals surface area contributed by atoms with Crippen LogP contribution in [0.3, 0.4) is 0 Å². The van der Waals surface area contributed by atoms with Gasteiger partial charge in [-0.3, -0.25) is 11.3 Å². The minimum absolute atomic E-state index is 0.613. The third-order valence-electron chi connectivity index (χ3n) is 4.49. The molecular formula is C13H26N2. The van der Waals surface area contributed by atoms with E-state index >= 15 is 0 Å². The standard InChI is InChI=1S/C13H26N2/c14-15-13(12-8-5-9-12)10-11-6-3-1-2-4-7-11/h11-13,15H,1-10,14H2. The molecule has 0 aliphatic heterocycles. The number of rotatable bonds is 4. The molecule has 2 aliphatic rings. The Bertz CT molecular complexity index is 169. The van der Waals surface area contributed by atoms with Crippen molar-refractivity contribution in [1.29, 1.82) is 0 Å². The zero-order valence-corrected chi connectivity index (χ0v) is 9.88. The molecule has 0 bridgehead atoms. The molecule has 2 rings (SSSR count). The van der Waals surface area contributed by atoms with Crippen LogP contribution in [-0.4, -0.2) is 6.04 Å². The van der Waals surface area contributed by atoms with Crippen molar-refractivity contribution in [2.45, 2.75) is 70.3 Å². The number of nitrogens with one attached hydrogen (secondary N) is 1. The summed E-state index contributed by atoms with van der Waals surface area (Å²) in [5, 5.41) is 0. The van der Waals surface area contributed by atoms with Gasteiger partial charge < -0.3 is 0 Å². The summed E-state index contributed by atoms with van der Waals surface area (Å²) in [6.07, 6.45) is 14.3. The van der Waals surface area contributed by atoms with E-state index < -0.39 is 0 Å². The van der Waals surface area contributed by atoms with Crippen LogP contribution in [0.1, 0.15) is 64.2 Å². The largest absolute Gasteiger partial charge is 0.271 e. The Kier molecular flexibility index (Phi) is 4.45. The van der Waals surface area contributed by atoms with Gasteiger partial charge in [-0.15, -0.1) is 0 Å². The quantitative estimate of drug-likeness (QED) is 0.425. The summed E-state index contributed by atoms with van der Waals surface area (Å²) in [6, 6.07) is 0.613. The molecule has 3 N–H and O–H groups in total. The van der Waals surface area contributed by atoms with Gasteiger partial charge in [-0.1, -0.05) is 44.9 Å². The number of nitrogens with two attached hydrogens (primary N) is 1. The van der Waals surface area contributed by atoms with Crippen molar-refractivity contribution in [1.82, 2.24) is 5.43 Å². The van der Waals surface area contributed by atoms with Crippen molar-refractivity contribution in [2.24, 2.45) is 17.7 Å². The van der Waals surface area contributed by atoms with E-state index in [1.165, 1.54) is 64.2 Å². The Balaban J connectivity index is 1.76. The Morgan fingerprint density at radius 3 is 2.07 bits per heavy atom. The van der Waals surface area contributed by atoms with Gasteiger partial charge in [0.15, 0.2) is 0 Å². The lowest BCUT2D eigenvalue weighted by atomic mass is 9.76. The van der Waals surface area contributed by atoms with Crippen LogP contribution < -0.4 is 11.3 Å². The SMILES string of the molecule is NNC(CC1CCCCCC1)C1CCC1. The predicted octanol–water partition coefficient (Wildman–Crippen LogP) is 2.98. The molecule has 88 valence electrons. The predicted molar refractivity (Wildman–Crippen MR) is 64.3 cm³/mol. The highest BCUT2D eigenvalue weighted by atomic mass is 15.2. The topological polar surface area (TPSA) is 38.0 Å². The van der Waals surface area contributed by atoms with E-state index in [0.717, 1.165) is 11.8 Å². The molecule has 0 saturated heterocycles. The van der Waals surface area contributed by atoms with Crippen molar-refractivity contribution in [3.05, 3.63) is 0 Å². The zero-order valence-electron chi connectivity index (χ0n) is 9.88. The fraction of sp³-hybridized carbons (Fsp3) is 1.00. The number of hydrazine groups is 1. The lowest BCUT2D eigenvalue weighted by molar-refractivity contribution is 0.194. The maximum Gasteiger partial charge on any atom is 0.0241 e. The molecule has 0 amide bonds. The third kappa shape index (κ3) is 3.18. The van der Waals surface area contributed by atoms with Crippen molar-refractivity contribution in [3.63, 3.8) is 0 Å². The lowest BCUT2D eigenvalue weighted by Crippen LogP contribution is -2.44. The van der Waals surface area contributed by atoms with Gasteiger partial charge in [0.2, 0.25) is 0 Å².